The van der Waals surface area contributed by atoms with Crippen LogP contribution in [0.1, 0.15) is 79.1 Å². The number of aliphatic hydroxyl groups is 1. The van der Waals surface area contributed by atoms with E-state index in [0.717, 1.165) is 17.8 Å². The van der Waals surface area contributed by atoms with Crippen molar-refractivity contribution in [3.8, 4) is 0 Å². The van der Waals surface area contributed by atoms with E-state index >= 15 is 0 Å². The van der Waals surface area contributed by atoms with Crippen molar-refractivity contribution in [1.82, 2.24) is 0 Å². The molecule has 0 heterocycles. The van der Waals surface area contributed by atoms with Crippen LogP contribution in [-0.2, 0) is 0 Å². The Bertz CT molecular complexity index is 490. The Morgan fingerprint density at radius 2 is 1.88 bits per heavy atom. The zero-order chi connectivity index (χ0) is 17.3. The summed E-state index contributed by atoms with van der Waals surface area (Å²) in [5, 5.41) is 9.66. The number of fused-ring (bicyclic) bond motifs is 1. The Labute approximate surface area is 149 Å². The molecule has 0 spiro atoms. The summed E-state index contributed by atoms with van der Waals surface area (Å²) in [6, 6.07) is 0. The van der Waals surface area contributed by atoms with Crippen LogP contribution in [0.2, 0.25) is 0 Å². The smallest absolute Gasteiger partial charge is 0.0459 e. The van der Waals surface area contributed by atoms with Crippen molar-refractivity contribution < 1.29 is 5.11 Å². The van der Waals surface area contributed by atoms with Crippen molar-refractivity contribution in [1.29, 1.82) is 0 Å². The highest BCUT2D eigenvalue weighted by atomic mass is 16.3. The molecule has 3 saturated carbocycles. The van der Waals surface area contributed by atoms with Crippen LogP contribution in [0.4, 0.5) is 0 Å². The maximum atomic E-state index is 9.66. The summed E-state index contributed by atoms with van der Waals surface area (Å²) in [4.78, 5) is 0. The molecule has 0 aromatic carbocycles. The second-order valence-electron chi connectivity index (χ2n) is 9.68. The first-order valence-electron chi connectivity index (χ1n) is 10.4. The number of aliphatic hydroxyl groups excluding tert-OH is 1. The lowest BCUT2D eigenvalue weighted by Gasteiger charge is -2.44. The maximum Gasteiger partial charge on any atom is 0.0459 e. The van der Waals surface area contributed by atoms with Crippen molar-refractivity contribution in [3.63, 3.8) is 0 Å². The van der Waals surface area contributed by atoms with Crippen LogP contribution >= 0.6 is 0 Å². The quantitative estimate of drug-likeness (QED) is 0.659. The fourth-order valence-electron chi connectivity index (χ4n) is 6.53. The first-order valence-corrected chi connectivity index (χ1v) is 10.4. The molecule has 24 heavy (non-hydrogen) atoms. The third-order valence-electron chi connectivity index (χ3n) is 7.57. The lowest BCUT2D eigenvalue weighted by atomic mass is 9.61. The molecule has 1 nitrogen and oxygen atoms in total. The lowest BCUT2D eigenvalue weighted by molar-refractivity contribution is 0.0690. The molecule has 0 aromatic heterocycles. The normalized spacial score (nSPS) is 42.9. The standard InChI is InChI=1S/C23H38O/c1-16-12-17(2)14-19(13-16)7-8-20-6-5-11-23(4)21(18(3)15-24)9-10-22(20)23/h7-8,16-18,21-22,24H,5-6,9-15H2,1-4H3. The van der Waals surface area contributed by atoms with Gasteiger partial charge in [-0.3, -0.25) is 0 Å². The van der Waals surface area contributed by atoms with Gasteiger partial charge in [-0.2, -0.15) is 0 Å². The molecule has 3 aliphatic rings. The van der Waals surface area contributed by atoms with E-state index in [-0.39, 0.29) is 0 Å². The molecule has 0 radical (unpaired) electrons. The van der Waals surface area contributed by atoms with Crippen molar-refractivity contribution in [2.75, 3.05) is 6.61 Å². The molecule has 136 valence electrons. The third-order valence-corrected chi connectivity index (χ3v) is 7.57. The van der Waals surface area contributed by atoms with Crippen LogP contribution in [0.25, 0.3) is 0 Å². The van der Waals surface area contributed by atoms with Gasteiger partial charge >= 0.3 is 0 Å². The average molecular weight is 331 g/mol. The number of allylic oxidation sites excluding steroid dienone is 4. The first-order chi connectivity index (χ1) is 11.4. The predicted octanol–water partition coefficient (Wildman–Crippen LogP) is 6.14. The molecular weight excluding hydrogens is 292 g/mol. The van der Waals surface area contributed by atoms with Gasteiger partial charge < -0.3 is 5.11 Å². The van der Waals surface area contributed by atoms with Crippen LogP contribution in [0.15, 0.2) is 23.3 Å². The second kappa shape index (κ2) is 7.36. The van der Waals surface area contributed by atoms with Gasteiger partial charge in [0.05, 0.1) is 0 Å². The molecule has 0 bridgehead atoms. The van der Waals surface area contributed by atoms with Gasteiger partial charge in [-0.15, -0.1) is 0 Å². The number of hydrogen-bond donors (Lipinski definition) is 1. The predicted molar refractivity (Wildman–Crippen MR) is 103 cm³/mol. The van der Waals surface area contributed by atoms with Gasteiger partial charge in [-0.1, -0.05) is 51.0 Å². The third kappa shape index (κ3) is 3.52. The highest BCUT2D eigenvalue weighted by Crippen LogP contribution is 2.59. The van der Waals surface area contributed by atoms with E-state index in [0.29, 0.717) is 23.9 Å². The zero-order valence-electron chi connectivity index (χ0n) is 16.4. The minimum Gasteiger partial charge on any atom is -0.396 e. The summed E-state index contributed by atoms with van der Waals surface area (Å²) in [7, 11) is 0. The summed E-state index contributed by atoms with van der Waals surface area (Å²) >= 11 is 0. The minimum atomic E-state index is 0.353. The van der Waals surface area contributed by atoms with E-state index < -0.39 is 0 Å². The van der Waals surface area contributed by atoms with Gasteiger partial charge in [0, 0.05) is 6.61 Å². The van der Waals surface area contributed by atoms with E-state index in [1.807, 2.05) is 0 Å². The molecule has 0 amide bonds. The molecule has 0 aliphatic heterocycles. The van der Waals surface area contributed by atoms with Crippen molar-refractivity contribution >= 4 is 0 Å². The molecule has 0 aromatic rings. The summed E-state index contributed by atoms with van der Waals surface area (Å²) in [6.07, 6.45) is 15.7. The van der Waals surface area contributed by atoms with Crippen LogP contribution < -0.4 is 0 Å². The Morgan fingerprint density at radius 3 is 2.54 bits per heavy atom. The number of hydrogen-bond acceptors (Lipinski definition) is 1. The monoisotopic (exact) mass is 330 g/mol. The molecule has 3 rings (SSSR count). The van der Waals surface area contributed by atoms with E-state index in [1.165, 1.54) is 51.4 Å². The zero-order valence-corrected chi connectivity index (χ0v) is 16.4. The minimum absolute atomic E-state index is 0.353. The summed E-state index contributed by atoms with van der Waals surface area (Å²) in [5.41, 5.74) is 3.83. The molecule has 6 atom stereocenters. The molecule has 3 fully saturated rings. The first kappa shape index (κ1) is 18.2. The second-order valence-corrected chi connectivity index (χ2v) is 9.68. The Balaban J connectivity index is 1.77. The van der Waals surface area contributed by atoms with Gasteiger partial charge in [0.1, 0.15) is 0 Å². The average Bonchev–Trinajstić information content (AvgIpc) is 2.89. The SMILES string of the molecule is CC1CC(=CC=C2CCCC3(C)C2CCC3C(C)CO)CC(C)C1. The Hall–Kier alpha value is -0.560. The molecule has 3 aliphatic carbocycles. The van der Waals surface area contributed by atoms with Crippen LogP contribution in [0, 0.1) is 35.0 Å². The van der Waals surface area contributed by atoms with Gasteiger partial charge in [0.2, 0.25) is 0 Å². The Morgan fingerprint density at radius 1 is 1.17 bits per heavy atom. The highest BCUT2D eigenvalue weighted by Gasteiger charge is 2.50. The maximum absolute atomic E-state index is 9.66. The molecule has 6 unspecified atom stereocenters. The Kier molecular flexibility index (Phi) is 5.59. The summed E-state index contributed by atoms with van der Waals surface area (Å²) < 4.78 is 0. The van der Waals surface area contributed by atoms with E-state index in [1.54, 1.807) is 11.1 Å². The van der Waals surface area contributed by atoms with E-state index in [2.05, 4.69) is 39.8 Å². The van der Waals surface area contributed by atoms with Crippen LogP contribution in [0.5, 0.6) is 0 Å². The van der Waals surface area contributed by atoms with Crippen LogP contribution in [0.3, 0.4) is 0 Å². The van der Waals surface area contributed by atoms with Gasteiger partial charge in [-0.25, -0.2) is 0 Å². The van der Waals surface area contributed by atoms with E-state index in [9.17, 15) is 5.11 Å². The van der Waals surface area contributed by atoms with Crippen molar-refractivity contribution in [2.24, 2.45) is 35.0 Å². The van der Waals surface area contributed by atoms with Crippen molar-refractivity contribution in [3.05, 3.63) is 23.3 Å². The number of rotatable bonds is 3. The fourth-order valence-corrected chi connectivity index (χ4v) is 6.53. The lowest BCUT2D eigenvalue weighted by Crippen LogP contribution is -2.36. The fraction of sp³-hybridized carbons (Fsp3) is 0.826. The molecule has 0 saturated heterocycles. The topological polar surface area (TPSA) is 20.2 Å². The molecule has 1 N–H and O–H groups in total. The van der Waals surface area contributed by atoms with Crippen LogP contribution in [-0.4, -0.2) is 11.7 Å². The van der Waals surface area contributed by atoms with E-state index in [4.69, 9.17) is 0 Å². The summed E-state index contributed by atoms with van der Waals surface area (Å²) in [6.45, 7) is 9.94. The van der Waals surface area contributed by atoms with Gasteiger partial charge in [0.15, 0.2) is 0 Å². The highest BCUT2D eigenvalue weighted by molar-refractivity contribution is 5.25. The van der Waals surface area contributed by atoms with Crippen molar-refractivity contribution in [2.45, 2.75) is 79.1 Å². The molecule has 1 heteroatoms. The van der Waals surface area contributed by atoms with Gasteiger partial charge in [-0.05, 0) is 86.4 Å². The summed E-state index contributed by atoms with van der Waals surface area (Å²) in [5.74, 6) is 3.64. The van der Waals surface area contributed by atoms with Gasteiger partial charge in [0.25, 0.3) is 0 Å². The largest absolute Gasteiger partial charge is 0.396 e. The molecular formula is C23H38O.